The maximum Gasteiger partial charge on any atom is 0.241 e. The van der Waals surface area contributed by atoms with Crippen molar-refractivity contribution in [2.24, 2.45) is 11.5 Å². The van der Waals surface area contributed by atoms with E-state index < -0.39 is 21.5 Å². The Morgan fingerprint density at radius 3 is 2.33 bits per heavy atom. The van der Waals surface area contributed by atoms with Gasteiger partial charge < -0.3 is 11.5 Å². The van der Waals surface area contributed by atoms with Crippen LogP contribution in [-0.2, 0) is 14.8 Å². The Balaban J connectivity index is 3.14. The van der Waals surface area contributed by atoms with Gasteiger partial charge in [-0.25, -0.2) is 13.1 Å². The fraction of sp³-hybridized carbons (Fsp3) is 0.385. The van der Waals surface area contributed by atoms with E-state index >= 15 is 0 Å². The Bertz CT molecular complexity index is 682. The summed E-state index contributed by atoms with van der Waals surface area (Å²) in [5.41, 5.74) is 10.8. The third kappa shape index (κ3) is 4.76. The topological polar surface area (TPSA) is 115 Å². The van der Waals surface area contributed by atoms with E-state index in [1.165, 1.54) is 6.07 Å². The molecule has 0 aliphatic heterocycles. The quantitative estimate of drug-likeness (QED) is 0.660. The predicted octanol–water partition coefficient (Wildman–Crippen LogP) is 0.562. The molecule has 0 bridgehead atoms. The van der Waals surface area contributed by atoms with Crippen LogP contribution in [0.25, 0.3) is 0 Å². The highest BCUT2D eigenvalue weighted by atomic mass is 32.2. The molecule has 8 heteroatoms. The fourth-order valence-corrected chi connectivity index (χ4v) is 3.76. The van der Waals surface area contributed by atoms with Crippen molar-refractivity contribution in [3.05, 3.63) is 29.3 Å². The van der Waals surface area contributed by atoms with Gasteiger partial charge in [0.15, 0.2) is 0 Å². The number of hydrogen-bond donors (Lipinski definition) is 3. The third-order valence-corrected chi connectivity index (χ3v) is 4.87. The molecule has 0 saturated heterocycles. The van der Waals surface area contributed by atoms with E-state index in [0.29, 0.717) is 11.1 Å². The minimum atomic E-state index is -3.78. The van der Waals surface area contributed by atoms with Crippen molar-refractivity contribution in [2.75, 3.05) is 0 Å². The zero-order valence-electron chi connectivity index (χ0n) is 12.1. The highest BCUT2D eigenvalue weighted by Gasteiger charge is 2.28. The van der Waals surface area contributed by atoms with Crippen LogP contribution in [0, 0.1) is 6.92 Å². The number of thiocarbonyl (C=S) groups is 1. The van der Waals surface area contributed by atoms with Crippen molar-refractivity contribution < 1.29 is 13.2 Å². The summed E-state index contributed by atoms with van der Waals surface area (Å²) in [5, 5.41) is 0. The van der Waals surface area contributed by atoms with E-state index in [0.717, 1.165) is 0 Å². The molecule has 1 aromatic rings. The number of carbonyl (C=O) groups excluding carboxylic acids is 1. The van der Waals surface area contributed by atoms with Crippen molar-refractivity contribution in [2.45, 2.75) is 37.6 Å². The Morgan fingerprint density at radius 2 is 1.90 bits per heavy atom. The number of primary amides is 1. The highest BCUT2D eigenvalue weighted by molar-refractivity contribution is 7.89. The van der Waals surface area contributed by atoms with Gasteiger partial charge in [0.25, 0.3) is 0 Å². The van der Waals surface area contributed by atoms with Gasteiger partial charge in [-0.15, -0.1) is 0 Å². The van der Waals surface area contributed by atoms with Crippen LogP contribution in [-0.4, -0.2) is 24.9 Å². The number of nitrogens with two attached hydrogens (primary N) is 2. The van der Waals surface area contributed by atoms with Gasteiger partial charge in [0.1, 0.15) is 4.99 Å². The number of amides is 1. The van der Waals surface area contributed by atoms with Crippen LogP contribution in [0.15, 0.2) is 23.1 Å². The summed E-state index contributed by atoms with van der Waals surface area (Å²) in [5.74, 6) is -0.580. The standard InChI is InChI=1S/C13H19N3O3S2/c1-8-6-9(12(15)20)4-5-10(8)21(18,19)16-13(2,3)7-11(14)17/h4-6,16H,7H2,1-3H3,(H2,14,17)(H2,15,20). The molecule has 0 atom stereocenters. The van der Waals surface area contributed by atoms with Crippen LogP contribution in [0.1, 0.15) is 31.4 Å². The van der Waals surface area contributed by atoms with Gasteiger partial charge in [0.2, 0.25) is 15.9 Å². The molecule has 1 aromatic carbocycles. The molecule has 6 nitrogen and oxygen atoms in total. The molecule has 0 aromatic heterocycles. The van der Waals surface area contributed by atoms with E-state index in [1.807, 2.05) is 0 Å². The SMILES string of the molecule is Cc1cc(C(N)=S)ccc1S(=O)(=O)NC(C)(C)CC(N)=O. The Labute approximate surface area is 129 Å². The van der Waals surface area contributed by atoms with Gasteiger partial charge >= 0.3 is 0 Å². The van der Waals surface area contributed by atoms with Crippen molar-refractivity contribution in [1.29, 1.82) is 0 Å². The van der Waals surface area contributed by atoms with E-state index in [9.17, 15) is 13.2 Å². The summed E-state index contributed by atoms with van der Waals surface area (Å²) in [6.07, 6.45) is -0.101. The third-order valence-electron chi connectivity index (χ3n) is 2.78. The molecule has 0 fully saturated rings. The Morgan fingerprint density at radius 1 is 1.33 bits per heavy atom. The average Bonchev–Trinajstić information content (AvgIpc) is 2.24. The average molecular weight is 329 g/mol. The van der Waals surface area contributed by atoms with Gasteiger partial charge in [-0.3, -0.25) is 4.79 Å². The molecule has 0 radical (unpaired) electrons. The molecule has 0 spiro atoms. The van der Waals surface area contributed by atoms with Gasteiger partial charge in [-0.05, 0) is 38.5 Å². The van der Waals surface area contributed by atoms with Crippen LogP contribution >= 0.6 is 12.2 Å². The summed E-state index contributed by atoms with van der Waals surface area (Å²) in [6.45, 7) is 4.83. The summed E-state index contributed by atoms with van der Waals surface area (Å²) in [6, 6.07) is 4.59. The number of nitrogens with one attached hydrogen (secondary N) is 1. The van der Waals surface area contributed by atoms with E-state index in [2.05, 4.69) is 4.72 Å². The zero-order valence-corrected chi connectivity index (χ0v) is 13.8. The lowest BCUT2D eigenvalue weighted by Gasteiger charge is -2.25. The smallest absolute Gasteiger partial charge is 0.241 e. The number of benzene rings is 1. The predicted molar refractivity (Wildman–Crippen MR) is 85.3 cm³/mol. The molecule has 0 aliphatic carbocycles. The number of hydrogen-bond acceptors (Lipinski definition) is 4. The molecule has 0 heterocycles. The normalized spacial score (nSPS) is 12.1. The zero-order chi connectivity index (χ0) is 16.4. The monoisotopic (exact) mass is 329 g/mol. The molecule has 5 N–H and O–H groups in total. The summed E-state index contributed by atoms with van der Waals surface area (Å²) < 4.78 is 27.3. The maximum absolute atomic E-state index is 12.4. The van der Waals surface area contributed by atoms with E-state index in [4.69, 9.17) is 23.7 Å². The largest absolute Gasteiger partial charge is 0.389 e. The minimum absolute atomic E-state index is 0.101. The lowest BCUT2D eigenvalue weighted by molar-refractivity contribution is -0.119. The summed E-state index contributed by atoms with van der Waals surface area (Å²) in [4.78, 5) is 11.3. The van der Waals surface area contributed by atoms with E-state index in [-0.39, 0.29) is 16.3 Å². The first kappa shape index (κ1) is 17.5. The first-order valence-electron chi connectivity index (χ1n) is 6.17. The number of sulfonamides is 1. The molecule has 21 heavy (non-hydrogen) atoms. The number of carbonyl (C=O) groups is 1. The molecule has 1 rings (SSSR count). The van der Waals surface area contributed by atoms with Crippen LogP contribution in [0.5, 0.6) is 0 Å². The first-order chi connectivity index (χ1) is 9.44. The highest BCUT2D eigenvalue weighted by Crippen LogP contribution is 2.20. The second-order valence-corrected chi connectivity index (χ2v) is 7.57. The Kier molecular flexibility index (Phi) is 5.08. The van der Waals surface area contributed by atoms with Gasteiger partial charge in [-0.1, -0.05) is 18.3 Å². The molecule has 0 saturated carbocycles. The molecule has 0 aliphatic rings. The first-order valence-corrected chi connectivity index (χ1v) is 8.06. The van der Waals surface area contributed by atoms with Crippen LogP contribution in [0.2, 0.25) is 0 Å². The second-order valence-electron chi connectivity index (χ2n) is 5.48. The number of rotatable bonds is 6. The van der Waals surface area contributed by atoms with E-state index in [1.54, 1.807) is 32.9 Å². The van der Waals surface area contributed by atoms with Crippen molar-refractivity contribution in [3.8, 4) is 0 Å². The van der Waals surface area contributed by atoms with Gasteiger partial charge in [0, 0.05) is 17.5 Å². The fourth-order valence-electron chi connectivity index (χ4n) is 1.99. The molecule has 1 amide bonds. The van der Waals surface area contributed by atoms with Crippen molar-refractivity contribution in [3.63, 3.8) is 0 Å². The summed E-state index contributed by atoms with van der Waals surface area (Å²) in [7, 11) is -3.78. The molecular weight excluding hydrogens is 310 g/mol. The van der Waals surface area contributed by atoms with Crippen molar-refractivity contribution in [1.82, 2.24) is 4.72 Å². The lowest BCUT2D eigenvalue weighted by Crippen LogP contribution is -2.46. The molecular formula is C13H19N3O3S2. The Hall–Kier alpha value is -1.51. The van der Waals surface area contributed by atoms with Crippen molar-refractivity contribution >= 4 is 33.1 Å². The maximum atomic E-state index is 12.4. The summed E-state index contributed by atoms with van der Waals surface area (Å²) >= 11 is 4.85. The van der Waals surface area contributed by atoms with Gasteiger partial charge in [0.05, 0.1) is 4.90 Å². The minimum Gasteiger partial charge on any atom is -0.389 e. The molecule has 116 valence electrons. The number of aryl methyl sites for hydroxylation is 1. The second kappa shape index (κ2) is 6.08. The molecule has 0 unspecified atom stereocenters. The lowest BCUT2D eigenvalue weighted by atomic mass is 10.0. The van der Waals surface area contributed by atoms with Crippen LogP contribution < -0.4 is 16.2 Å². The van der Waals surface area contributed by atoms with Gasteiger partial charge in [-0.2, -0.15) is 0 Å². The van der Waals surface area contributed by atoms with Crippen LogP contribution in [0.4, 0.5) is 0 Å². The van der Waals surface area contributed by atoms with Crippen LogP contribution in [0.3, 0.4) is 0 Å².